The summed E-state index contributed by atoms with van der Waals surface area (Å²) < 4.78 is 14.2. The largest absolute Gasteiger partial charge is 0.496 e. The number of nitrogens with one attached hydrogen (secondary N) is 1. The van der Waals surface area contributed by atoms with Crippen LogP contribution in [0.4, 0.5) is 11.4 Å². The van der Waals surface area contributed by atoms with Gasteiger partial charge in [-0.25, -0.2) is 9.98 Å². The molecule has 0 bridgehead atoms. The average Bonchev–Trinajstić information content (AvgIpc) is 2.79. The molecule has 9 heteroatoms. The van der Waals surface area contributed by atoms with Crippen LogP contribution in [0.2, 0.25) is 5.02 Å². The van der Waals surface area contributed by atoms with E-state index < -0.39 is 0 Å². The van der Waals surface area contributed by atoms with Crippen molar-refractivity contribution in [1.29, 1.82) is 0 Å². The van der Waals surface area contributed by atoms with E-state index in [-0.39, 0.29) is 0 Å². The van der Waals surface area contributed by atoms with E-state index in [2.05, 4.69) is 19.7 Å². The van der Waals surface area contributed by atoms with Gasteiger partial charge < -0.3 is 19.9 Å². The van der Waals surface area contributed by atoms with Crippen LogP contribution in [0.1, 0.15) is 5.56 Å². The third-order valence-electron chi connectivity index (χ3n) is 4.28. The number of rotatable bonds is 8. The number of methoxy groups -OCH3 is 2. The molecule has 0 radical (unpaired) electrons. The molecular weight excluding hydrogens is 434 g/mol. The quantitative estimate of drug-likeness (QED) is 0.275. The summed E-state index contributed by atoms with van der Waals surface area (Å²) in [6, 6.07) is 13.5. The molecule has 0 fully saturated rings. The second-order valence-corrected chi connectivity index (χ2v) is 7.50. The molecule has 3 N–H and O–H groups in total. The molecule has 0 unspecified atom stereocenters. The predicted molar refractivity (Wildman–Crippen MR) is 130 cm³/mol. The van der Waals surface area contributed by atoms with Gasteiger partial charge in [0.05, 0.1) is 36.2 Å². The maximum absolute atomic E-state index is 6.07. The highest BCUT2D eigenvalue weighted by Gasteiger charge is 2.11. The van der Waals surface area contributed by atoms with E-state index in [0.29, 0.717) is 10.9 Å². The number of ether oxygens (including phenoxy) is 2. The smallest absolute Gasteiger partial charge is 0.228 e. The molecule has 31 heavy (non-hydrogen) atoms. The Labute approximate surface area is 190 Å². The number of hydrogen-bond acceptors (Lipinski definition) is 7. The number of hydrogen-bond donors (Lipinski definition) is 2. The van der Waals surface area contributed by atoms with Crippen LogP contribution >= 0.6 is 23.5 Å². The molecule has 2 aromatic carbocycles. The predicted octanol–water partition coefficient (Wildman–Crippen LogP) is 5.21. The second-order valence-electron chi connectivity index (χ2n) is 6.22. The van der Waals surface area contributed by atoms with Crippen LogP contribution in [0.15, 0.2) is 63.5 Å². The lowest BCUT2D eigenvalue weighted by atomic mass is 10.0. The number of aliphatic imine (C=N–C) groups is 2. The minimum atomic E-state index is 0.496. The SMILES string of the molecule is CN=Cc1cc(-c2cc(NSc3cc(Cl)cnc3OC)ccc2OC)ccc1N=CN. The van der Waals surface area contributed by atoms with E-state index in [0.717, 1.165) is 38.7 Å². The van der Waals surface area contributed by atoms with Gasteiger partial charge in [-0.1, -0.05) is 17.7 Å². The molecule has 0 saturated heterocycles. The normalized spacial score (nSPS) is 11.2. The minimum Gasteiger partial charge on any atom is -0.496 e. The zero-order valence-corrected chi connectivity index (χ0v) is 18.9. The Morgan fingerprint density at radius 2 is 1.97 bits per heavy atom. The second kappa shape index (κ2) is 10.7. The van der Waals surface area contributed by atoms with Crippen LogP contribution in [-0.2, 0) is 0 Å². The van der Waals surface area contributed by atoms with Crippen molar-refractivity contribution in [2.75, 3.05) is 26.0 Å². The number of nitrogens with zero attached hydrogens (tertiary/aromatic N) is 3. The van der Waals surface area contributed by atoms with E-state index in [1.807, 2.05) is 36.4 Å². The summed E-state index contributed by atoms with van der Waals surface area (Å²) in [5, 5.41) is 0.533. The fraction of sp³-hybridized carbons (Fsp3) is 0.136. The first kappa shape index (κ1) is 22.5. The molecule has 3 aromatic rings. The van der Waals surface area contributed by atoms with Crippen molar-refractivity contribution in [2.45, 2.75) is 4.90 Å². The Kier molecular flexibility index (Phi) is 7.75. The molecule has 0 aliphatic rings. The molecule has 0 spiro atoms. The van der Waals surface area contributed by atoms with Crippen LogP contribution in [0.25, 0.3) is 11.1 Å². The molecule has 0 aliphatic carbocycles. The zero-order chi connectivity index (χ0) is 22.2. The van der Waals surface area contributed by atoms with Crippen LogP contribution in [0.3, 0.4) is 0 Å². The number of nitrogens with two attached hydrogens (primary N) is 1. The van der Waals surface area contributed by atoms with Crippen molar-refractivity contribution in [2.24, 2.45) is 15.7 Å². The van der Waals surface area contributed by atoms with Crippen molar-refractivity contribution in [3.63, 3.8) is 0 Å². The summed E-state index contributed by atoms with van der Waals surface area (Å²) in [6.45, 7) is 0. The Morgan fingerprint density at radius 3 is 2.68 bits per heavy atom. The summed E-state index contributed by atoms with van der Waals surface area (Å²) in [7, 11) is 4.93. The molecule has 1 aromatic heterocycles. The van der Waals surface area contributed by atoms with Gasteiger partial charge in [0.15, 0.2) is 0 Å². The summed E-state index contributed by atoms with van der Waals surface area (Å²) in [4.78, 5) is 13.3. The number of anilines is 1. The van der Waals surface area contributed by atoms with Crippen LogP contribution < -0.4 is 19.9 Å². The minimum absolute atomic E-state index is 0.496. The highest BCUT2D eigenvalue weighted by atomic mass is 35.5. The monoisotopic (exact) mass is 455 g/mol. The fourth-order valence-electron chi connectivity index (χ4n) is 2.91. The van der Waals surface area contributed by atoms with Gasteiger partial charge in [-0.2, -0.15) is 0 Å². The average molecular weight is 456 g/mol. The standard InChI is InChI=1S/C22H22ClN5O2S/c1-25-11-15-8-14(4-6-19(15)27-13-24)18-10-17(5-7-20(18)29-2)28-31-21-9-16(23)12-26-22(21)30-3/h4-13,28H,1-3H3,(H2,24,27). The zero-order valence-electron chi connectivity index (χ0n) is 17.3. The maximum atomic E-state index is 6.07. The van der Waals surface area contributed by atoms with Gasteiger partial charge in [0.1, 0.15) is 5.75 Å². The van der Waals surface area contributed by atoms with E-state index in [1.54, 1.807) is 39.7 Å². The number of aromatic nitrogens is 1. The number of pyridine rings is 1. The van der Waals surface area contributed by atoms with E-state index in [9.17, 15) is 0 Å². The summed E-state index contributed by atoms with van der Waals surface area (Å²) in [5.74, 6) is 1.24. The Balaban J connectivity index is 1.95. The van der Waals surface area contributed by atoms with Crippen LogP contribution in [-0.4, -0.2) is 38.8 Å². The van der Waals surface area contributed by atoms with Gasteiger partial charge in [0.2, 0.25) is 5.88 Å². The number of halogens is 1. The Hall–Kier alpha value is -3.23. The third kappa shape index (κ3) is 5.48. The molecule has 3 rings (SSSR count). The lowest BCUT2D eigenvalue weighted by Gasteiger charge is -2.14. The maximum Gasteiger partial charge on any atom is 0.228 e. The molecule has 0 saturated carbocycles. The summed E-state index contributed by atoms with van der Waals surface area (Å²) in [5.41, 5.74) is 9.80. The summed E-state index contributed by atoms with van der Waals surface area (Å²) in [6.07, 6.45) is 4.56. The van der Waals surface area contributed by atoms with Gasteiger partial charge in [-0.3, -0.25) is 4.99 Å². The lowest BCUT2D eigenvalue weighted by Crippen LogP contribution is -1.95. The molecular formula is C22H22ClN5O2S. The van der Waals surface area contributed by atoms with Gasteiger partial charge >= 0.3 is 0 Å². The first-order valence-electron chi connectivity index (χ1n) is 9.21. The Morgan fingerprint density at radius 1 is 1.13 bits per heavy atom. The molecule has 1 heterocycles. The van der Waals surface area contributed by atoms with Gasteiger partial charge in [-0.05, 0) is 53.9 Å². The van der Waals surface area contributed by atoms with Crippen molar-refractivity contribution in [3.05, 3.63) is 59.2 Å². The van der Waals surface area contributed by atoms with Crippen molar-refractivity contribution in [1.82, 2.24) is 4.98 Å². The van der Waals surface area contributed by atoms with Crippen molar-refractivity contribution < 1.29 is 9.47 Å². The van der Waals surface area contributed by atoms with Gasteiger partial charge in [0, 0.05) is 36.3 Å². The Bertz CT molecular complexity index is 1120. The van der Waals surface area contributed by atoms with E-state index in [4.69, 9.17) is 26.8 Å². The summed E-state index contributed by atoms with van der Waals surface area (Å²) >= 11 is 7.43. The first-order chi connectivity index (χ1) is 15.1. The molecule has 7 nitrogen and oxygen atoms in total. The van der Waals surface area contributed by atoms with Gasteiger partial charge in [0.25, 0.3) is 0 Å². The number of benzene rings is 2. The molecule has 160 valence electrons. The van der Waals surface area contributed by atoms with Crippen LogP contribution in [0.5, 0.6) is 11.6 Å². The van der Waals surface area contributed by atoms with E-state index >= 15 is 0 Å². The fourth-order valence-corrected chi connectivity index (χ4v) is 3.89. The van der Waals surface area contributed by atoms with Crippen molar-refractivity contribution in [3.8, 4) is 22.8 Å². The molecule has 0 atom stereocenters. The lowest BCUT2D eigenvalue weighted by molar-refractivity contribution is 0.387. The molecule has 0 aliphatic heterocycles. The van der Waals surface area contributed by atoms with Crippen molar-refractivity contribution >= 4 is 47.5 Å². The van der Waals surface area contributed by atoms with Gasteiger partial charge in [-0.15, -0.1) is 0 Å². The van der Waals surface area contributed by atoms with Crippen LogP contribution in [0, 0.1) is 0 Å². The highest BCUT2D eigenvalue weighted by Crippen LogP contribution is 2.37. The van der Waals surface area contributed by atoms with E-state index in [1.165, 1.54) is 18.3 Å². The highest BCUT2D eigenvalue weighted by molar-refractivity contribution is 8.00. The first-order valence-corrected chi connectivity index (χ1v) is 10.4. The third-order valence-corrected chi connectivity index (χ3v) is 5.33. The topological polar surface area (TPSA) is 94.1 Å². The molecule has 0 amide bonds.